The van der Waals surface area contributed by atoms with E-state index in [1.807, 2.05) is 0 Å². The Morgan fingerprint density at radius 1 is 1.17 bits per heavy atom. The Kier molecular flexibility index (Phi) is 6.54. The second-order valence-electron chi connectivity index (χ2n) is 5.58. The van der Waals surface area contributed by atoms with Gasteiger partial charge in [0, 0.05) is 25.5 Å². The van der Waals surface area contributed by atoms with Gasteiger partial charge in [0.05, 0.1) is 11.1 Å². The van der Waals surface area contributed by atoms with Crippen LogP contribution < -0.4 is 10.6 Å². The quantitative estimate of drug-likeness (QED) is 0.760. The number of rotatable bonds is 7. The molecule has 1 heterocycles. The third kappa shape index (κ3) is 5.36. The largest absolute Gasteiger partial charge is 0.352 e. The van der Waals surface area contributed by atoms with Crippen molar-refractivity contribution in [1.82, 2.24) is 15.6 Å². The minimum atomic E-state index is -0.264. The van der Waals surface area contributed by atoms with Gasteiger partial charge in [-0.15, -0.1) is 6.58 Å². The van der Waals surface area contributed by atoms with Crippen LogP contribution in [0.15, 0.2) is 42.8 Å². The maximum Gasteiger partial charge on any atom is 0.253 e. The van der Waals surface area contributed by atoms with Crippen molar-refractivity contribution in [2.24, 2.45) is 0 Å². The van der Waals surface area contributed by atoms with E-state index in [1.165, 1.54) is 30.8 Å². The molecule has 5 nitrogen and oxygen atoms in total. The Bertz CT molecular complexity index is 608. The van der Waals surface area contributed by atoms with Crippen molar-refractivity contribution in [3.63, 3.8) is 0 Å². The van der Waals surface area contributed by atoms with Gasteiger partial charge in [0.25, 0.3) is 11.8 Å². The van der Waals surface area contributed by atoms with Gasteiger partial charge >= 0.3 is 0 Å². The summed E-state index contributed by atoms with van der Waals surface area (Å²) in [5.74, 6) is -0.466. The monoisotopic (exact) mass is 313 g/mol. The number of amides is 2. The Morgan fingerprint density at radius 2 is 1.91 bits per heavy atom. The van der Waals surface area contributed by atoms with Gasteiger partial charge < -0.3 is 10.6 Å². The van der Waals surface area contributed by atoms with Gasteiger partial charge in [0.1, 0.15) is 0 Å². The van der Waals surface area contributed by atoms with Gasteiger partial charge in [-0.1, -0.05) is 17.7 Å². The number of allylic oxidation sites excluding steroid dienone is 1. The van der Waals surface area contributed by atoms with E-state index in [0.717, 1.165) is 19.3 Å². The fourth-order valence-electron chi connectivity index (χ4n) is 2.53. The molecule has 23 heavy (non-hydrogen) atoms. The van der Waals surface area contributed by atoms with E-state index in [-0.39, 0.29) is 11.8 Å². The molecule has 0 atom stereocenters. The summed E-state index contributed by atoms with van der Waals surface area (Å²) < 4.78 is 0. The number of nitrogens with one attached hydrogen (secondary N) is 2. The predicted octanol–water partition coefficient (Wildman–Crippen LogP) is 2.62. The molecule has 2 N–H and O–H groups in total. The molecule has 0 saturated heterocycles. The van der Waals surface area contributed by atoms with Gasteiger partial charge in [-0.2, -0.15) is 0 Å². The molecule has 0 radical (unpaired) electrons. The number of hydrogen-bond donors (Lipinski definition) is 2. The lowest BCUT2D eigenvalue weighted by atomic mass is 9.97. The number of carbonyl (C=O) groups is 2. The molecule has 1 aliphatic rings. The minimum Gasteiger partial charge on any atom is -0.352 e. The normalized spacial score (nSPS) is 13.8. The van der Waals surface area contributed by atoms with E-state index in [0.29, 0.717) is 24.2 Å². The Hall–Kier alpha value is -2.43. The van der Waals surface area contributed by atoms with Gasteiger partial charge in [0.15, 0.2) is 0 Å². The summed E-state index contributed by atoms with van der Waals surface area (Å²) in [5.41, 5.74) is 2.19. The van der Waals surface area contributed by atoms with Crippen LogP contribution >= 0.6 is 0 Å². The summed E-state index contributed by atoms with van der Waals surface area (Å²) in [4.78, 5) is 28.0. The highest BCUT2D eigenvalue weighted by Gasteiger charge is 2.11. The van der Waals surface area contributed by atoms with Crippen molar-refractivity contribution in [3.05, 3.63) is 53.9 Å². The predicted molar refractivity (Wildman–Crippen MR) is 90.3 cm³/mol. The Morgan fingerprint density at radius 3 is 2.57 bits per heavy atom. The van der Waals surface area contributed by atoms with Gasteiger partial charge in [-0.05, 0) is 38.2 Å². The fraction of sp³-hybridized carbons (Fsp3) is 0.389. The Balaban J connectivity index is 1.87. The molecule has 0 saturated carbocycles. The maximum absolute atomic E-state index is 12.2. The third-order valence-electron chi connectivity index (χ3n) is 3.79. The smallest absolute Gasteiger partial charge is 0.253 e. The minimum absolute atomic E-state index is 0.202. The molecule has 0 fully saturated rings. The van der Waals surface area contributed by atoms with Crippen molar-refractivity contribution < 1.29 is 9.59 Å². The van der Waals surface area contributed by atoms with Crippen molar-refractivity contribution in [1.29, 1.82) is 0 Å². The van der Waals surface area contributed by atoms with Gasteiger partial charge in [0.2, 0.25) is 0 Å². The summed E-state index contributed by atoms with van der Waals surface area (Å²) in [6, 6.07) is 1.56. The zero-order valence-electron chi connectivity index (χ0n) is 13.3. The molecule has 0 spiro atoms. The molecule has 1 aliphatic carbocycles. The van der Waals surface area contributed by atoms with Crippen LogP contribution in [0.2, 0.25) is 0 Å². The number of pyridine rings is 1. The number of aromatic nitrogens is 1. The molecule has 122 valence electrons. The lowest BCUT2D eigenvalue weighted by molar-refractivity contribution is 0.0953. The first-order chi connectivity index (χ1) is 11.2. The number of carbonyl (C=O) groups excluding carboxylic acids is 2. The summed E-state index contributed by atoms with van der Waals surface area (Å²) in [7, 11) is 0. The van der Waals surface area contributed by atoms with E-state index in [1.54, 1.807) is 12.1 Å². The van der Waals surface area contributed by atoms with Gasteiger partial charge in [-0.25, -0.2) is 0 Å². The average molecular weight is 313 g/mol. The molecule has 1 aromatic rings. The van der Waals surface area contributed by atoms with Crippen molar-refractivity contribution in [2.75, 3.05) is 13.1 Å². The molecule has 5 heteroatoms. The van der Waals surface area contributed by atoms with Gasteiger partial charge in [-0.3, -0.25) is 14.6 Å². The van der Waals surface area contributed by atoms with Crippen LogP contribution in [0, 0.1) is 0 Å². The zero-order chi connectivity index (χ0) is 16.5. The maximum atomic E-state index is 12.2. The highest BCUT2D eigenvalue weighted by Crippen LogP contribution is 2.19. The van der Waals surface area contributed by atoms with Crippen LogP contribution in [0.25, 0.3) is 0 Å². The van der Waals surface area contributed by atoms with Crippen LogP contribution in [-0.2, 0) is 0 Å². The van der Waals surface area contributed by atoms with Crippen molar-refractivity contribution in [2.45, 2.75) is 32.1 Å². The lowest BCUT2D eigenvalue weighted by Gasteiger charge is -2.13. The molecule has 0 aromatic carbocycles. The molecular formula is C18H23N3O2. The first kappa shape index (κ1) is 16.9. The standard InChI is InChI=1S/C18H23N3O2/c1-2-9-20-17(22)15-11-16(13-19-12-15)18(23)21-10-8-14-6-4-3-5-7-14/h2,6,11-13H,1,3-5,7-10H2,(H,20,22)(H,21,23). The van der Waals surface area contributed by atoms with Crippen LogP contribution in [0.3, 0.4) is 0 Å². The number of hydrogen-bond acceptors (Lipinski definition) is 3. The summed E-state index contributed by atoms with van der Waals surface area (Å²) in [6.45, 7) is 4.53. The van der Waals surface area contributed by atoms with E-state index in [4.69, 9.17) is 0 Å². The van der Waals surface area contributed by atoms with Crippen LogP contribution in [0.5, 0.6) is 0 Å². The fourth-order valence-corrected chi connectivity index (χ4v) is 2.53. The second kappa shape index (κ2) is 8.88. The van der Waals surface area contributed by atoms with Crippen molar-refractivity contribution in [3.8, 4) is 0 Å². The molecule has 1 aromatic heterocycles. The van der Waals surface area contributed by atoms with Crippen LogP contribution in [-0.4, -0.2) is 29.9 Å². The lowest BCUT2D eigenvalue weighted by Crippen LogP contribution is -2.27. The Labute approximate surface area is 136 Å². The summed E-state index contributed by atoms with van der Waals surface area (Å²) >= 11 is 0. The SMILES string of the molecule is C=CCNC(=O)c1cncc(C(=O)NCCC2=CCCCC2)c1. The van der Waals surface area contributed by atoms with E-state index in [2.05, 4.69) is 28.3 Å². The highest BCUT2D eigenvalue weighted by molar-refractivity contribution is 5.99. The van der Waals surface area contributed by atoms with Crippen LogP contribution in [0.4, 0.5) is 0 Å². The highest BCUT2D eigenvalue weighted by atomic mass is 16.2. The summed E-state index contributed by atoms with van der Waals surface area (Å²) in [6.07, 6.45) is 12.5. The second-order valence-corrected chi connectivity index (χ2v) is 5.58. The first-order valence-electron chi connectivity index (χ1n) is 8.01. The molecule has 0 unspecified atom stereocenters. The number of nitrogens with zero attached hydrogens (tertiary/aromatic N) is 1. The topological polar surface area (TPSA) is 71.1 Å². The van der Waals surface area contributed by atoms with E-state index >= 15 is 0 Å². The average Bonchev–Trinajstić information content (AvgIpc) is 2.60. The summed E-state index contributed by atoms with van der Waals surface area (Å²) in [5, 5.41) is 5.55. The first-order valence-corrected chi connectivity index (χ1v) is 8.01. The third-order valence-corrected chi connectivity index (χ3v) is 3.79. The van der Waals surface area contributed by atoms with Crippen molar-refractivity contribution >= 4 is 11.8 Å². The van der Waals surface area contributed by atoms with E-state index in [9.17, 15) is 9.59 Å². The molecule has 0 bridgehead atoms. The van der Waals surface area contributed by atoms with E-state index < -0.39 is 0 Å². The zero-order valence-corrected chi connectivity index (χ0v) is 13.3. The molecular weight excluding hydrogens is 290 g/mol. The molecule has 2 amide bonds. The van der Waals surface area contributed by atoms with Crippen LogP contribution in [0.1, 0.15) is 52.8 Å². The molecule has 2 rings (SSSR count). The molecule has 0 aliphatic heterocycles.